The van der Waals surface area contributed by atoms with Crippen LogP contribution in [0.5, 0.6) is 5.75 Å². The maximum Gasteiger partial charge on any atom is 0.118 e. The summed E-state index contributed by atoms with van der Waals surface area (Å²) in [5, 5.41) is 0. The molecule has 2 nitrogen and oxygen atoms in total. The van der Waals surface area contributed by atoms with E-state index in [0.29, 0.717) is 6.04 Å². The van der Waals surface area contributed by atoms with Gasteiger partial charge in [0, 0.05) is 22.1 Å². The third-order valence-corrected chi connectivity index (χ3v) is 4.61. The van der Waals surface area contributed by atoms with Gasteiger partial charge in [-0.05, 0) is 31.0 Å². The highest BCUT2D eigenvalue weighted by Gasteiger charge is 2.18. The van der Waals surface area contributed by atoms with Crippen molar-refractivity contribution in [2.75, 3.05) is 7.11 Å². The molecule has 0 aliphatic carbocycles. The van der Waals surface area contributed by atoms with Crippen LogP contribution in [0.3, 0.4) is 0 Å². The fourth-order valence-electron chi connectivity index (χ4n) is 1.38. The lowest BCUT2D eigenvalue weighted by molar-refractivity contribution is 0.414. The van der Waals surface area contributed by atoms with Gasteiger partial charge in [0.25, 0.3) is 0 Å². The third kappa shape index (κ3) is 2.54. The van der Waals surface area contributed by atoms with Crippen LogP contribution in [-0.4, -0.2) is 17.6 Å². The van der Waals surface area contributed by atoms with Crippen LogP contribution in [0.15, 0.2) is 24.3 Å². The number of methoxy groups -OCH3 is 1. The van der Waals surface area contributed by atoms with Crippen LogP contribution in [0.2, 0.25) is 0 Å². The first-order chi connectivity index (χ1) is 6.79. The summed E-state index contributed by atoms with van der Waals surface area (Å²) in [6.07, 6.45) is 1.13. The summed E-state index contributed by atoms with van der Waals surface area (Å²) >= 11 is 0. The average molecular weight is 225 g/mol. The van der Waals surface area contributed by atoms with Gasteiger partial charge in [-0.15, -0.1) is 0 Å². The molecule has 0 radical (unpaired) electrons. The minimum atomic E-state index is 0.659. The van der Waals surface area contributed by atoms with Crippen molar-refractivity contribution in [1.82, 2.24) is 4.44 Å². The molecule has 1 atom stereocenters. The van der Waals surface area contributed by atoms with Crippen LogP contribution < -0.4 is 4.74 Å². The summed E-state index contributed by atoms with van der Waals surface area (Å²) in [6, 6.07) is 9.00. The molecule has 0 bridgehead atoms. The van der Waals surface area contributed by atoms with Gasteiger partial charge in [-0.25, -0.2) is 0 Å². The molecule has 14 heavy (non-hydrogen) atoms. The number of hydrogen-bond acceptors (Lipinski definition) is 2. The van der Waals surface area contributed by atoms with Crippen molar-refractivity contribution in [2.45, 2.75) is 19.4 Å². The van der Waals surface area contributed by atoms with E-state index in [1.54, 1.807) is 7.11 Å². The highest BCUT2D eigenvalue weighted by molar-refractivity contribution is 7.97. The molecule has 74 valence electrons. The Balaban J connectivity index is 1.95. The number of nitrogens with zero attached hydrogens (tertiary/aromatic N) is 1. The zero-order chi connectivity index (χ0) is 9.97. The van der Waals surface area contributed by atoms with E-state index in [9.17, 15) is 0 Å². The molecule has 0 N–H and O–H groups in total. The molecule has 1 aromatic carbocycles. The van der Waals surface area contributed by atoms with Gasteiger partial charge in [0.15, 0.2) is 0 Å². The summed E-state index contributed by atoms with van der Waals surface area (Å²) in [4.78, 5) is 0. The first-order valence-corrected chi connectivity index (χ1v) is 7.03. The largest absolute Gasteiger partial charge is 0.497 e. The summed E-state index contributed by atoms with van der Waals surface area (Å²) in [5.41, 5.74) is 1.38. The van der Waals surface area contributed by atoms with E-state index in [1.807, 2.05) is 12.1 Å². The van der Waals surface area contributed by atoms with E-state index in [-0.39, 0.29) is 0 Å². The lowest BCUT2D eigenvalue weighted by Gasteiger charge is -2.11. The number of ether oxygens (including phenoxy) is 1. The fraction of sp³-hybridized carbons (Fsp3) is 0.400. The zero-order valence-corrected chi connectivity index (χ0v) is 10.1. The highest BCUT2D eigenvalue weighted by Crippen LogP contribution is 2.48. The summed E-state index contributed by atoms with van der Waals surface area (Å²) in [6.45, 7) is 2.28. The molecule has 0 saturated heterocycles. The molecule has 1 aliphatic rings. The lowest BCUT2D eigenvalue weighted by Crippen LogP contribution is -2.13. The standard InChI is InChI=1S/C10H13NOP2/c1-8(11-13-14-11)7-9-3-5-10(12-2)6-4-9/h3-6,8H,7H2,1-2H3/t8-/m1/s1. The highest BCUT2D eigenvalue weighted by atomic mass is 31.8. The van der Waals surface area contributed by atoms with E-state index in [2.05, 4.69) is 23.5 Å². The van der Waals surface area contributed by atoms with Gasteiger partial charge >= 0.3 is 0 Å². The molecule has 0 fully saturated rings. The molecule has 0 amide bonds. The normalized spacial score (nSPS) is 22.9. The SMILES string of the molecule is COc1ccc(C[C@@H](C)N2P=P2)cc1. The quantitative estimate of drug-likeness (QED) is 0.726. The van der Waals surface area contributed by atoms with Crippen molar-refractivity contribution >= 4 is 16.0 Å². The topological polar surface area (TPSA) is 12.2 Å². The molecular formula is C10H13NOP2. The zero-order valence-electron chi connectivity index (χ0n) is 8.34. The summed E-state index contributed by atoms with van der Waals surface area (Å²) in [7, 11) is 4.62. The van der Waals surface area contributed by atoms with E-state index in [1.165, 1.54) is 21.6 Å². The van der Waals surface area contributed by atoms with E-state index in [0.717, 1.165) is 12.2 Å². The maximum absolute atomic E-state index is 5.12. The minimum absolute atomic E-state index is 0.659. The molecule has 1 aliphatic heterocycles. The van der Waals surface area contributed by atoms with Gasteiger partial charge in [-0.1, -0.05) is 12.1 Å². The Kier molecular flexibility index (Phi) is 3.18. The van der Waals surface area contributed by atoms with E-state index >= 15 is 0 Å². The smallest absolute Gasteiger partial charge is 0.118 e. The number of rotatable bonds is 4. The van der Waals surface area contributed by atoms with E-state index < -0.39 is 0 Å². The van der Waals surface area contributed by atoms with Crippen molar-refractivity contribution in [2.24, 2.45) is 0 Å². The molecular weight excluding hydrogens is 212 g/mol. The van der Waals surface area contributed by atoms with Crippen LogP contribution in [0.25, 0.3) is 0 Å². The molecule has 1 heterocycles. The van der Waals surface area contributed by atoms with Crippen LogP contribution in [0.1, 0.15) is 12.5 Å². The van der Waals surface area contributed by atoms with Crippen molar-refractivity contribution in [3.8, 4) is 5.75 Å². The molecule has 0 unspecified atom stereocenters. The van der Waals surface area contributed by atoms with Crippen LogP contribution in [-0.2, 0) is 6.42 Å². The Morgan fingerprint density at radius 1 is 1.29 bits per heavy atom. The fourth-order valence-corrected chi connectivity index (χ4v) is 3.14. The Bertz CT molecular complexity index is 330. The second-order valence-electron chi connectivity index (χ2n) is 3.40. The Morgan fingerprint density at radius 3 is 2.43 bits per heavy atom. The van der Waals surface area contributed by atoms with Crippen molar-refractivity contribution < 1.29 is 4.74 Å². The average Bonchev–Trinajstić information content (AvgIpc) is 3.02. The number of benzene rings is 1. The maximum atomic E-state index is 5.12. The predicted molar refractivity (Wildman–Crippen MR) is 61.8 cm³/mol. The molecule has 1 aromatic rings. The van der Waals surface area contributed by atoms with Gasteiger partial charge in [0.05, 0.1) is 7.11 Å². The molecule has 0 spiro atoms. The van der Waals surface area contributed by atoms with Crippen molar-refractivity contribution in [3.05, 3.63) is 29.8 Å². The van der Waals surface area contributed by atoms with Gasteiger partial charge < -0.3 is 4.74 Å². The van der Waals surface area contributed by atoms with Gasteiger partial charge in [0.1, 0.15) is 5.75 Å². The molecule has 0 aromatic heterocycles. The summed E-state index contributed by atoms with van der Waals surface area (Å²) < 4.78 is 7.54. The van der Waals surface area contributed by atoms with Gasteiger partial charge in [-0.2, -0.15) is 4.44 Å². The van der Waals surface area contributed by atoms with Crippen LogP contribution in [0, 0.1) is 0 Å². The molecule has 0 saturated carbocycles. The summed E-state index contributed by atoms with van der Waals surface area (Å²) in [5.74, 6) is 0.935. The Hall–Kier alpha value is -0.420. The first kappa shape index (κ1) is 10.1. The Labute approximate surface area is 87.8 Å². The van der Waals surface area contributed by atoms with Crippen LogP contribution >= 0.6 is 16.0 Å². The van der Waals surface area contributed by atoms with Crippen molar-refractivity contribution in [1.29, 1.82) is 0 Å². The lowest BCUT2D eigenvalue weighted by atomic mass is 10.1. The monoisotopic (exact) mass is 225 g/mol. The molecule has 2 rings (SSSR count). The van der Waals surface area contributed by atoms with Crippen LogP contribution in [0.4, 0.5) is 0 Å². The van der Waals surface area contributed by atoms with Gasteiger partial charge in [-0.3, -0.25) is 0 Å². The Morgan fingerprint density at radius 2 is 1.93 bits per heavy atom. The minimum Gasteiger partial charge on any atom is -0.497 e. The number of hydrogen-bond donors (Lipinski definition) is 0. The second-order valence-corrected chi connectivity index (χ2v) is 6.01. The molecule has 4 heteroatoms. The predicted octanol–water partition coefficient (Wildman–Crippen LogP) is 3.58. The third-order valence-electron chi connectivity index (χ3n) is 2.28. The van der Waals surface area contributed by atoms with E-state index in [4.69, 9.17) is 4.74 Å². The van der Waals surface area contributed by atoms with Crippen molar-refractivity contribution in [3.63, 3.8) is 0 Å². The second kappa shape index (κ2) is 4.40. The first-order valence-electron chi connectivity index (χ1n) is 4.63. The van der Waals surface area contributed by atoms with Gasteiger partial charge in [0.2, 0.25) is 0 Å².